The van der Waals surface area contributed by atoms with Crippen LogP contribution in [0.5, 0.6) is 0 Å². The molecule has 0 bridgehead atoms. The Morgan fingerprint density at radius 1 is 1.35 bits per heavy atom. The molecule has 0 saturated carbocycles. The van der Waals surface area contributed by atoms with Crippen molar-refractivity contribution in [1.82, 2.24) is 9.13 Å². The molecule has 2 aromatic rings. The van der Waals surface area contributed by atoms with E-state index in [4.69, 9.17) is 0 Å². The standard InChI is InChI=1S/C13H17BrN2O/c1-4-5-9(2)16-11-7-6-10(14)8-12(11)15(3)13(16)17/h6-9H,4-5H2,1-3H3/t9-/m0/s1. The van der Waals surface area contributed by atoms with Gasteiger partial charge >= 0.3 is 5.69 Å². The fourth-order valence-corrected chi connectivity index (χ4v) is 2.66. The number of aromatic nitrogens is 2. The molecule has 1 heterocycles. The molecular formula is C13H17BrN2O. The molecule has 0 unspecified atom stereocenters. The third-order valence-electron chi connectivity index (χ3n) is 3.20. The maximum absolute atomic E-state index is 12.2. The largest absolute Gasteiger partial charge is 0.329 e. The van der Waals surface area contributed by atoms with Crippen LogP contribution in [0.2, 0.25) is 0 Å². The first-order valence-electron chi connectivity index (χ1n) is 5.92. The highest BCUT2D eigenvalue weighted by molar-refractivity contribution is 9.10. The van der Waals surface area contributed by atoms with Gasteiger partial charge in [-0.2, -0.15) is 0 Å². The number of imidazole rings is 1. The summed E-state index contributed by atoms with van der Waals surface area (Å²) in [7, 11) is 1.83. The second-order valence-electron chi connectivity index (χ2n) is 4.48. The molecule has 4 heteroatoms. The van der Waals surface area contributed by atoms with E-state index < -0.39 is 0 Å². The van der Waals surface area contributed by atoms with Gasteiger partial charge in [-0.3, -0.25) is 9.13 Å². The van der Waals surface area contributed by atoms with Gasteiger partial charge in [0.2, 0.25) is 0 Å². The normalized spacial score (nSPS) is 13.2. The van der Waals surface area contributed by atoms with Gasteiger partial charge in [-0.25, -0.2) is 4.79 Å². The summed E-state index contributed by atoms with van der Waals surface area (Å²) in [6, 6.07) is 6.23. The molecule has 2 rings (SSSR count). The molecule has 1 aromatic carbocycles. The summed E-state index contributed by atoms with van der Waals surface area (Å²) in [5.41, 5.74) is 2.06. The van der Waals surface area contributed by atoms with Crippen molar-refractivity contribution in [3.05, 3.63) is 33.2 Å². The summed E-state index contributed by atoms with van der Waals surface area (Å²) in [4.78, 5) is 12.2. The highest BCUT2D eigenvalue weighted by atomic mass is 79.9. The van der Waals surface area contributed by atoms with Gasteiger partial charge in [0.25, 0.3) is 0 Å². The lowest BCUT2D eigenvalue weighted by molar-refractivity contribution is 0.493. The molecule has 0 spiro atoms. The molecule has 0 aliphatic carbocycles. The van der Waals surface area contributed by atoms with E-state index in [0.717, 1.165) is 28.3 Å². The molecular weight excluding hydrogens is 280 g/mol. The monoisotopic (exact) mass is 296 g/mol. The average Bonchev–Trinajstić information content (AvgIpc) is 2.53. The summed E-state index contributed by atoms with van der Waals surface area (Å²) in [6.07, 6.45) is 2.11. The van der Waals surface area contributed by atoms with Gasteiger partial charge < -0.3 is 0 Å². The number of hydrogen-bond acceptors (Lipinski definition) is 1. The van der Waals surface area contributed by atoms with Crippen molar-refractivity contribution in [3.8, 4) is 0 Å². The number of hydrogen-bond donors (Lipinski definition) is 0. The van der Waals surface area contributed by atoms with Crippen LogP contribution in [-0.2, 0) is 7.05 Å². The third-order valence-corrected chi connectivity index (χ3v) is 3.69. The number of rotatable bonds is 3. The van der Waals surface area contributed by atoms with E-state index in [9.17, 15) is 4.79 Å². The second-order valence-corrected chi connectivity index (χ2v) is 5.40. The van der Waals surface area contributed by atoms with Crippen molar-refractivity contribution in [3.63, 3.8) is 0 Å². The molecule has 0 aliphatic rings. The van der Waals surface area contributed by atoms with Gasteiger partial charge in [0.15, 0.2) is 0 Å². The van der Waals surface area contributed by atoms with Crippen LogP contribution in [0.1, 0.15) is 32.7 Å². The number of halogens is 1. The summed E-state index contributed by atoms with van der Waals surface area (Å²) in [5.74, 6) is 0. The number of fused-ring (bicyclic) bond motifs is 1. The molecule has 3 nitrogen and oxygen atoms in total. The predicted octanol–water partition coefficient (Wildman–Crippen LogP) is 3.46. The van der Waals surface area contributed by atoms with Crippen LogP contribution in [0.4, 0.5) is 0 Å². The Bertz CT molecular complexity index is 597. The molecule has 0 radical (unpaired) electrons. The van der Waals surface area contributed by atoms with Gasteiger partial charge in [0, 0.05) is 17.6 Å². The Labute approximate surface area is 109 Å². The topological polar surface area (TPSA) is 26.9 Å². The molecule has 1 aromatic heterocycles. The number of nitrogens with zero attached hydrogens (tertiary/aromatic N) is 2. The molecule has 92 valence electrons. The molecule has 0 amide bonds. The van der Waals surface area contributed by atoms with E-state index in [-0.39, 0.29) is 11.7 Å². The van der Waals surface area contributed by atoms with E-state index >= 15 is 0 Å². The highest BCUT2D eigenvalue weighted by Gasteiger charge is 2.15. The van der Waals surface area contributed by atoms with Crippen molar-refractivity contribution < 1.29 is 0 Å². The molecule has 0 aliphatic heterocycles. The van der Waals surface area contributed by atoms with Crippen LogP contribution in [0, 0.1) is 0 Å². The number of benzene rings is 1. The molecule has 17 heavy (non-hydrogen) atoms. The fraction of sp³-hybridized carbons (Fsp3) is 0.462. The third kappa shape index (κ3) is 2.06. The smallest absolute Gasteiger partial charge is 0.295 e. The van der Waals surface area contributed by atoms with Crippen molar-refractivity contribution >= 4 is 27.0 Å². The minimum absolute atomic E-state index is 0.0686. The maximum atomic E-state index is 12.2. The average molecular weight is 297 g/mol. The Balaban J connectivity index is 2.71. The zero-order chi connectivity index (χ0) is 12.6. The first kappa shape index (κ1) is 12.4. The van der Waals surface area contributed by atoms with Gasteiger partial charge in [-0.1, -0.05) is 29.3 Å². The van der Waals surface area contributed by atoms with Crippen LogP contribution in [0.25, 0.3) is 11.0 Å². The first-order valence-corrected chi connectivity index (χ1v) is 6.72. The van der Waals surface area contributed by atoms with Gasteiger partial charge in [0.1, 0.15) is 0 Å². The van der Waals surface area contributed by atoms with Gasteiger partial charge in [-0.15, -0.1) is 0 Å². The molecule has 0 fully saturated rings. The minimum Gasteiger partial charge on any atom is -0.295 e. The Kier molecular flexibility index (Phi) is 3.43. The molecule has 1 atom stereocenters. The van der Waals surface area contributed by atoms with Crippen LogP contribution in [-0.4, -0.2) is 9.13 Å². The van der Waals surface area contributed by atoms with E-state index in [1.54, 1.807) is 4.57 Å². The van der Waals surface area contributed by atoms with Gasteiger partial charge in [0.05, 0.1) is 11.0 Å². The second kappa shape index (κ2) is 4.69. The quantitative estimate of drug-likeness (QED) is 0.852. The molecule has 0 N–H and O–H groups in total. The van der Waals surface area contributed by atoms with Crippen LogP contribution < -0.4 is 5.69 Å². The van der Waals surface area contributed by atoms with Crippen molar-refractivity contribution in [1.29, 1.82) is 0 Å². The zero-order valence-electron chi connectivity index (χ0n) is 10.4. The molecule has 0 saturated heterocycles. The predicted molar refractivity (Wildman–Crippen MR) is 74.5 cm³/mol. The first-order chi connectivity index (χ1) is 8.06. The lowest BCUT2D eigenvalue weighted by Gasteiger charge is -2.11. The van der Waals surface area contributed by atoms with Gasteiger partial charge in [-0.05, 0) is 31.5 Å². The van der Waals surface area contributed by atoms with Crippen molar-refractivity contribution in [2.75, 3.05) is 0 Å². The zero-order valence-corrected chi connectivity index (χ0v) is 12.0. The summed E-state index contributed by atoms with van der Waals surface area (Å²) in [6.45, 7) is 4.25. The summed E-state index contributed by atoms with van der Waals surface area (Å²) >= 11 is 3.44. The SMILES string of the molecule is CCC[C@H](C)n1c(=O)n(C)c2cc(Br)ccc21. The Morgan fingerprint density at radius 2 is 2.06 bits per heavy atom. The lowest BCUT2D eigenvalue weighted by atomic mass is 10.2. The maximum Gasteiger partial charge on any atom is 0.329 e. The van der Waals surface area contributed by atoms with Crippen LogP contribution in [0.3, 0.4) is 0 Å². The summed E-state index contributed by atoms with van der Waals surface area (Å²) < 4.78 is 4.61. The van der Waals surface area contributed by atoms with E-state index in [0.29, 0.717) is 0 Å². The highest BCUT2D eigenvalue weighted by Crippen LogP contribution is 2.22. The van der Waals surface area contributed by atoms with E-state index in [2.05, 4.69) is 29.8 Å². The fourth-order valence-electron chi connectivity index (χ4n) is 2.31. The van der Waals surface area contributed by atoms with E-state index in [1.807, 2.05) is 29.8 Å². The Morgan fingerprint density at radius 3 is 2.71 bits per heavy atom. The number of aryl methyl sites for hydroxylation is 1. The minimum atomic E-state index is 0.0686. The van der Waals surface area contributed by atoms with Crippen molar-refractivity contribution in [2.45, 2.75) is 32.7 Å². The van der Waals surface area contributed by atoms with Crippen LogP contribution in [0.15, 0.2) is 27.5 Å². The van der Waals surface area contributed by atoms with E-state index in [1.165, 1.54) is 0 Å². The lowest BCUT2D eigenvalue weighted by Crippen LogP contribution is -2.24. The van der Waals surface area contributed by atoms with Crippen LogP contribution >= 0.6 is 15.9 Å². The Hall–Kier alpha value is -1.03. The van der Waals surface area contributed by atoms with Crippen molar-refractivity contribution in [2.24, 2.45) is 7.05 Å². The summed E-state index contributed by atoms with van der Waals surface area (Å²) in [5, 5.41) is 0.